The molecule has 1 amide bonds. The van der Waals surface area contributed by atoms with Crippen molar-refractivity contribution in [2.75, 3.05) is 12.5 Å². The SMILES string of the molecule is [B]c1cc2c(cc1Sc1nc3c(N)ncnc3n1CC(=O)NO)OCO2. The van der Waals surface area contributed by atoms with Crippen molar-refractivity contribution in [2.45, 2.75) is 16.6 Å². The Hall–Kier alpha value is -2.99. The first kappa shape index (κ1) is 16.5. The van der Waals surface area contributed by atoms with Crippen LogP contribution in [0.3, 0.4) is 0 Å². The number of nitrogens with two attached hydrogens (primary N) is 1. The van der Waals surface area contributed by atoms with Crippen LogP contribution in [0.15, 0.2) is 28.5 Å². The van der Waals surface area contributed by atoms with Crippen LogP contribution in [-0.4, -0.2) is 45.3 Å². The smallest absolute Gasteiger partial charge is 0.263 e. The summed E-state index contributed by atoms with van der Waals surface area (Å²) in [7, 11) is 6.08. The number of benzene rings is 1. The van der Waals surface area contributed by atoms with E-state index in [-0.39, 0.29) is 19.2 Å². The molecule has 1 aliphatic heterocycles. The summed E-state index contributed by atoms with van der Waals surface area (Å²) in [4.78, 5) is 24.8. The number of nitrogens with zero attached hydrogens (tertiary/aromatic N) is 4. The second-order valence-corrected chi connectivity index (χ2v) is 6.30. The molecule has 0 bridgehead atoms. The van der Waals surface area contributed by atoms with Crippen LogP contribution in [0.2, 0.25) is 0 Å². The van der Waals surface area contributed by atoms with E-state index < -0.39 is 5.91 Å². The maximum absolute atomic E-state index is 11.7. The quantitative estimate of drug-likeness (QED) is 0.318. The van der Waals surface area contributed by atoms with Gasteiger partial charge >= 0.3 is 0 Å². The Morgan fingerprint density at radius 3 is 2.92 bits per heavy atom. The van der Waals surface area contributed by atoms with Gasteiger partial charge in [0.25, 0.3) is 5.91 Å². The summed E-state index contributed by atoms with van der Waals surface area (Å²) >= 11 is 1.20. The molecule has 130 valence electrons. The number of rotatable bonds is 4. The highest BCUT2D eigenvalue weighted by Crippen LogP contribution is 2.37. The van der Waals surface area contributed by atoms with Crippen molar-refractivity contribution in [1.82, 2.24) is 25.0 Å². The van der Waals surface area contributed by atoms with Gasteiger partial charge in [0.15, 0.2) is 33.6 Å². The van der Waals surface area contributed by atoms with E-state index >= 15 is 0 Å². The average Bonchev–Trinajstić information content (AvgIpc) is 3.21. The number of fused-ring (bicyclic) bond motifs is 2. The molecule has 3 heterocycles. The topological polar surface area (TPSA) is 137 Å². The van der Waals surface area contributed by atoms with Crippen molar-refractivity contribution in [3.63, 3.8) is 0 Å². The number of hydroxylamine groups is 1. The van der Waals surface area contributed by atoms with E-state index in [1.165, 1.54) is 22.7 Å². The van der Waals surface area contributed by atoms with Crippen LogP contribution in [-0.2, 0) is 11.3 Å². The number of hydrogen-bond acceptors (Lipinski definition) is 9. The molecular formula is C14H11BN6O4S. The van der Waals surface area contributed by atoms with Gasteiger partial charge in [-0.05, 0) is 12.1 Å². The fourth-order valence-corrected chi connectivity index (χ4v) is 3.40. The Bertz CT molecular complexity index is 1030. The summed E-state index contributed by atoms with van der Waals surface area (Å²) in [6, 6.07) is 3.39. The molecule has 2 aromatic heterocycles. The first-order valence-electron chi connectivity index (χ1n) is 7.33. The van der Waals surface area contributed by atoms with E-state index in [4.69, 9.17) is 28.3 Å². The summed E-state index contributed by atoms with van der Waals surface area (Å²) < 4.78 is 12.2. The summed E-state index contributed by atoms with van der Waals surface area (Å²) in [6.45, 7) is -0.0829. The van der Waals surface area contributed by atoms with Gasteiger partial charge < -0.3 is 15.2 Å². The number of hydrogen-bond donors (Lipinski definition) is 3. The third kappa shape index (κ3) is 2.78. The number of nitrogen functional groups attached to an aromatic ring is 1. The molecule has 4 rings (SSSR count). The Labute approximate surface area is 152 Å². The predicted molar refractivity (Wildman–Crippen MR) is 91.7 cm³/mol. The van der Waals surface area contributed by atoms with Crippen LogP contribution in [0.1, 0.15) is 0 Å². The van der Waals surface area contributed by atoms with Crippen LogP contribution in [0, 0.1) is 0 Å². The first-order chi connectivity index (χ1) is 12.6. The molecule has 0 unspecified atom stereocenters. The molecule has 0 spiro atoms. The number of carbonyl (C=O) groups excluding carboxylic acids is 1. The van der Waals surface area contributed by atoms with Crippen molar-refractivity contribution in [2.24, 2.45) is 0 Å². The lowest BCUT2D eigenvalue weighted by molar-refractivity contribution is -0.129. The Morgan fingerprint density at radius 2 is 2.15 bits per heavy atom. The Morgan fingerprint density at radius 1 is 1.38 bits per heavy atom. The number of anilines is 1. The second-order valence-electron chi connectivity index (χ2n) is 5.29. The monoisotopic (exact) mass is 370 g/mol. The van der Waals surface area contributed by atoms with Gasteiger partial charge in [0.1, 0.15) is 20.7 Å². The number of imidazole rings is 1. The van der Waals surface area contributed by atoms with Gasteiger partial charge in [-0.25, -0.2) is 20.4 Å². The normalized spacial score (nSPS) is 12.5. The van der Waals surface area contributed by atoms with Crippen LogP contribution in [0.5, 0.6) is 11.5 Å². The van der Waals surface area contributed by atoms with Crippen molar-refractivity contribution < 1.29 is 19.5 Å². The van der Waals surface area contributed by atoms with Gasteiger partial charge in [0, 0.05) is 4.90 Å². The number of amides is 1. The van der Waals surface area contributed by atoms with Crippen molar-refractivity contribution in [1.29, 1.82) is 0 Å². The number of aromatic nitrogens is 4. The molecule has 10 nitrogen and oxygen atoms in total. The lowest BCUT2D eigenvalue weighted by Crippen LogP contribution is -2.24. The van der Waals surface area contributed by atoms with E-state index in [1.54, 1.807) is 17.6 Å². The molecule has 4 N–H and O–H groups in total. The molecule has 0 fully saturated rings. The van der Waals surface area contributed by atoms with Crippen molar-refractivity contribution in [3.05, 3.63) is 18.5 Å². The summed E-state index contributed by atoms with van der Waals surface area (Å²) in [5.74, 6) is 0.674. The lowest BCUT2D eigenvalue weighted by atomic mass is 9.96. The number of nitrogens with one attached hydrogen (secondary N) is 1. The summed E-state index contributed by atoms with van der Waals surface area (Å²) in [5.41, 5.74) is 8.61. The molecule has 0 atom stereocenters. The molecule has 1 aromatic carbocycles. The highest BCUT2D eigenvalue weighted by molar-refractivity contribution is 7.99. The zero-order valence-electron chi connectivity index (χ0n) is 13.2. The fraction of sp³-hybridized carbons (Fsp3) is 0.143. The molecule has 3 aromatic rings. The van der Waals surface area contributed by atoms with Crippen LogP contribution >= 0.6 is 11.8 Å². The lowest BCUT2D eigenvalue weighted by Gasteiger charge is -2.09. The summed E-state index contributed by atoms with van der Waals surface area (Å²) in [6.07, 6.45) is 1.27. The highest BCUT2D eigenvalue weighted by atomic mass is 32.2. The maximum Gasteiger partial charge on any atom is 0.263 e. The van der Waals surface area contributed by atoms with Gasteiger partial charge in [0.2, 0.25) is 6.79 Å². The molecular weight excluding hydrogens is 359 g/mol. The molecule has 0 saturated carbocycles. The zero-order chi connectivity index (χ0) is 18.3. The van der Waals surface area contributed by atoms with Gasteiger partial charge in [-0.2, -0.15) is 0 Å². The average molecular weight is 370 g/mol. The maximum atomic E-state index is 11.7. The molecule has 0 aliphatic carbocycles. The number of carbonyl (C=O) groups is 1. The van der Waals surface area contributed by atoms with E-state index in [0.29, 0.717) is 38.2 Å². The molecule has 1 aliphatic rings. The van der Waals surface area contributed by atoms with Gasteiger partial charge in [0.05, 0.1) is 0 Å². The minimum absolute atomic E-state index is 0.129. The standard InChI is InChI=1S/C14H11BN6O4S/c15-6-1-7-8(25-5-24-7)2-9(6)26-14-19-11-12(16)17-4-18-13(11)21(14)3-10(22)20-23/h1-2,4,23H,3,5H2,(H,20,22)(H2,16,17,18). The van der Waals surface area contributed by atoms with Gasteiger partial charge in [-0.1, -0.05) is 17.2 Å². The third-order valence-electron chi connectivity index (χ3n) is 3.66. The van der Waals surface area contributed by atoms with Crippen molar-refractivity contribution >= 4 is 48.0 Å². The molecule has 12 heteroatoms. The summed E-state index contributed by atoms with van der Waals surface area (Å²) in [5, 5.41) is 9.25. The zero-order valence-corrected chi connectivity index (χ0v) is 14.0. The predicted octanol–water partition coefficient (Wildman–Crippen LogP) is -0.412. The second kappa shape index (κ2) is 6.39. The minimum Gasteiger partial charge on any atom is -0.454 e. The van der Waals surface area contributed by atoms with Gasteiger partial charge in [-0.3, -0.25) is 14.6 Å². The van der Waals surface area contributed by atoms with E-state index in [0.717, 1.165) is 0 Å². The highest BCUT2D eigenvalue weighted by Gasteiger charge is 2.21. The molecule has 0 saturated heterocycles. The largest absolute Gasteiger partial charge is 0.454 e. The Kier molecular flexibility index (Phi) is 4.05. The van der Waals surface area contributed by atoms with Crippen LogP contribution in [0.4, 0.5) is 5.82 Å². The fourth-order valence-electron chi connectivity index (χ4n) is 2.46. The van der Waals surface area contributed by atoms with Gasteiger partial charge in [-0.15, -0.1) is 0 Å². The van der Waals surface area contributed by atoms with Crippen molar-refractivity contribution in [3.8, 4) is 11.5 Å². The van der Waals surface area contributed by atoms with E-state index in [2.05, 4.69) is 15.0 Å². The minimum atomic E-state index is -0.637. The van der Waals surface area contributed by atoms with E-state index in [1.807, 2.05) is 0 Å². The van der Waals surface area contributed by atoms with Crippen LogP contribution in [0.25, 0.3) is 11.2 Å². The first-order valence-corrected chi connectivity index (χ1v) is 8.15. The van der Waals surface area contributed by atoms with E-state index in [9.17, 15) is 4.79 Å². The molecule has 26 heavy (non-hydrogen) atoms. The number of ether oxygens (including phenoxy) is 2. The molecule has 2 radical (unpaired) electrons. The van der Waals surface area contributed by atoms with Crippen LogP contribution < -0.4 is 26.2 Å². The third-order valence-corrected chi connectivity index (χ3v) is 4.73. The Balaban J connectivity index is 1.80.